The first-order valence-electron chi connectivity index (χ1n) is 7.39. The van der Waals surface area contributed by atoms with Crippen LogP contribution >= 0.6 is 23.2 Å². The molecule has 1 aliphatic heterocycles. The Bertz CT molecular complexity index is 957. The zero-order chi connectivity index (χ0) is 16.8. The van der Waals surface area contributed by atoms with Crippen molar-refractivity contribution in [2.24, 2.45) is 0 Å². The first kappa shape index (κ1) is 15.4. The lowest BCUT2D eigenvalue weighted by Crippen LogP contribution is -2.11. The molecule has 6 heteroatoms. The standard InChI is InChI=1S/C18H14Cl2N2O2/c1-22(2)18-12-6-11(19)7-14(20)17(12)13(8-21-18)10-3-4-15-16(5-10)24-9-23-15/h3-8H,9H2,1-2H3. The van der Waals surface area contributed by atoms with E-state index in [-0.39, 0.29) is 6.79 Å². The van der Waals surface area contributed by atoms with E-state index < -0.39 is 0 Å². The Balaban J connectivity index is 2.01. The number of rotatable bonds is 2. The number of hydrogen-bond acceptors (Lipinski definition) is 4. The molecular formula is C18H14Cl2N2O2. The topological polar surface area (TPSA) is 34.6 Å². The molecule has 0 aliphatic carbocycles. The summed E-state index contributed by atoms with van der Waals surface area (Å²) >= 11 is 12.7. The van der Waals surface area contributed by atoms with Crippen LogP contribution in [0.5, 0.6) is 11.5 Å². The van der Waals surface area contributed by atoms with Crippen molar-refractivity contribution in [3.8, 4) is 22.6 Å². The Kier molecular flexibility index (Phi) is 3.66. The Hall–Kier alpha value is -2.17. The number of fused-ring (bicyclic) bond motifs is 2. The van der Waals surface area contributed by atoms with Gasteiger partial charge in [0.05, 0.1) is 5.02 Å². The highest BCUT2D eigenvalue weighted by molar-refractivity contribution is 6.40. The van der Waals surface area contributed by atoms with Crippen LogP contribution in [0.15, 0.2) is 36.5 Å². The molecule has 1 aromatic heterocycles. The van der Waals surface area contributed by atoms with E-state index in [1.807, 2.05) is 49.5 Å². The Morgan fingerprint density at radius 3 is 2.62 bits per heavy atom. The van der Waals surface area contributed by atoms with Crippen LogP contribution in [0, 0.1) is 0 Å². The van der Waals surface area contributed by atoms with Crippen molar-refractivity contribution in [2.45, 2.75) is 0 Å². The van der Waals surface area contributed by atoms with E-state index >= 15 is 0 Å². The highest BCUT2D eigenvalue weighted by Crippen LogP contribution is 2.42. The lowest BCUT2D eigenvalue weighted by molar-refractivity contribution is 0.174. The monoisotopic (exact) mass is 360 g/mol. The molecule has 1 aliphatic rings. The van der Waals surface area contributed by atoms with Crippen molar-refractivity contribution < 1.29 is 9.47 Å². The van der Waals surface area contributed by atoms with Crippen LogP contribution in [-0.2, 0) is 0 Å². The lowest BCUT2D eigenvalue weighted by atomic mass is 9.99. The number of ether oxygens (including phenoxy) is 2. The third-order valence-corrected chi connectivity index (χ3v) is 4.50. The molecule has 122 valence electrons. The number of aromatic nitrogens is 1. The molecule has 0 saturated carbocycles. The molecule has 0 atom stereocenters. The van der Waals surface area contributed by atoms with Crippen LogP contribution in [0.25, 0.3) is 21.9 Å². The van der Waals surface area contributed by atoms with Gasteiger partial charge in [-0.3, -0.25) is 0 Å². The fourth-order valence-corrected chi connectivity index (χ4v) is 3.52. The zero-order valence-electron chi connectivity index (χ0n) is 13.1. The predicted molar refractivity (Wildman–Crippen MR) is 97.6 cm³/mol. The van der Waals surface area contributed by atoms with Gasteiger partial charge in [0.15, 0.2) is 11.5 Å². The molecule has 24 heavy (non-hydrogen) atoms. The Morgan fingerprint density at radius 2 is 1.83 bits per heavy atom. The number of nitrogens with zero attached hydrogens (tertiary/aromatic N) is 2. The van der Waals surface area contributed by atoms with Crippen LogP contribution < -0.4 is 14.4 Å². The van der Waals surface area contributed by atoms with Gasteiger partial charge >= 0.3 is 0 Å². The summed E-state index contributed by atoms with van der Waals surface area (Å²) in [5.74, 6) is 2.29. The van der Waals surface area contributed by atoms with Gasteiger partial charge < -0.3 is 14.4 Å². The largest absolute Gasteiger partial charge is 0.454 e. The third kappa shape index (κ3) is 2.43. The van der Waals surface area contributed by atoms with Gasteiger partial charge in [-0.15, -0.1) is 0 Å². The normalized spacial score (nSPS) is 12.7. The summed E-state index contributed by atoms with van der Waals surface area (Å²) in [6, 6.07) is 9.46. The van der Waals surface area contributed by atoms with Crippen molar-refractivity contribution >= 4 is 39.8 Å². The average molecular weight is 361 g/mol. The van der Waals surface area contributed by atoms with Gasteiger partial charge in [-0.2, -0.15) is 0 Å². The smallest absolute Gasteiger partial charge is 0.231 e. The molecule has 0 fully saturated rings. The van der Waals surface area contributed by atoms with Crippen molar-refractivity contribution in [1.29, 1.82) is 0 Å². The van der Waals surface area contributed by atoms with Crippen molar-refractivity contribution in [3.05, 3.63) is 46.6 Å². The van der Waals surface area contributed by atoms with Gasteiger partial charge in [0.2, 0.25) is 6.79 Å². The quantitative estimate of drug-likeness (QED) is 0.643. The molecule has 4 rings (SSSR count). The highest BCUT2D eigenvalue weighted by Gasteiger charge is 2.18. The first-order valence-corrected chi connectivity index (χ1v) is 8.15. The highest BCUT2D eigenvalue weighted by atomic mass is 35.5. The molecule has 0 saturated heterocycles. The van der Waals surface area contributed by atoms with Crippen molar-refractivity contribution in [2.75, 3.05) is 25.8 Å². The first-order chi connectivity index (χ1) is 11.5. The second-order valence-electron chi connectivity index (χ2n) is 5.77. The van der Waals surface area contributed by atoms with E-state index in [2.05, 4.69) is 4.98 Å². The summed E-state index contributed by atoms with van der Waals surface area (Å²) < 4.78 is 10.9. The van der Waals surface area contributed by atoms with E-state index in [1.165, 1.54) is 0 Å². The SMILES string of the molecule is CN(C)c1ncc(-c2ccc3c(c2)OCO3)c2c(Cl)cc(Cl)cc12. The van der Waals surface area contributed by atoms with Gasteiger partial charge in [-0.05, 0) is 29.8 Å². The third-order valence-electron chi connectivity index (χ3n) is 3.99. The molecular weight excluding hydrogens is 347 g/mol. The van der Waals surface area contributed by atoms with Gasteiger partial charge in [0.1, 0.15) is 5.82 Å². The van der Waals surface area contributed by atoms with Crippen LogP contribution in [0.2, 0.25) is 10.0 Å². The number of benzene rings is 2. The average Bonchev–Trinajstić information content (AvgIpc) is 3.00. The second kappa shape index (κ2) is 5.72. The van der Waals surface area contributed by atoms with Gasteiger partial charge in [-0.25, -0.2) is 4.98 Å². The van der Waals surface area contributed by atoms with E-state index in [0.717, 1.165) is 39.2 Å². The summed E-state index contributed by atoms with van der Waals surface area (Å²) in [6.07, 6.45) is 1.83. The number of hydrogen-bond donors (Lipinski definition) is 0. The number of pyridine rings is 1. The van der Waals surface area contributed by atoms with E-state index in [9.17, 15) is 0 Å². The second-order valence-corrected chi connectivity index (χ2v) is 6.61. The van der Waals surface area contributed by atoms with E-state index in [1.54, 1.807) is 6.07 Å². The minimum atomic E-state index is 0.244. The number of halogens is 2. The maximum Gasteiger partial charge on any atom is 0.231 e. The molecule has 2 heterocycles. The predicted octanol–water partition coefficient (Wildman–Crippen LogP) is 5.00. The maximum absolute atomic E-state index is 6.52. The summed E-state index contributed by atoms with van der Waals surface area (Å²) in [5.41, 5.74) is 1.89. The van der Waals surface area contributed by atoms with Crippen molar-refractivity contribution in [1.82, 2.24) is 4.98 Å². The molecule has 0 radical (unpaired) electrons. The fraction of sp³-hybridized carbons (Fsp3) is 0.167. The van der Waals surface area contributed by atoms with Gasteiger partial charge in [0, 0.05) is 41.7 Å². The Labute approximate surface area is 149 Å². The molecule has 4 nitrogen and oxygen atoms in total. The molecule has 0 spiro atoms. The summed E-state index contributed by atoms with van der Waals surface area (Å²) in [6.45, 7) is 0.244. The van der Waals surface area contributed by atoms with Crippen LogP contribution in [0.4, 0.5) is 5.82 Å². The minimum absolute atomic E-state index is 0.244. The zero-order valence-corrected chi connectivity index (χ0v) is 14.6. The van der Waals surface area contributed by atoms with E-state index in [4.69, 9.17) is 32.7 Å². The number of anilines is 1. The van der Waals surface area contributed by atoms with E-state index in [0.29, 0.717) is 10.0 Å². The lowest BCUT2D eigenvalue weighted by Gasteiger charge is -2.17. The molecule has 0 unspecified atom stereocenters. The Morgan fingerprint density at radius 1 is 1.04 bits per heavy atom. The van der Waals surface area contributed by atoms with Crippen LogP contribution in [0.1, 0.15) is 0 Å². The van der Waals surface area contributed by atoms with Crippen LogP contribution in [-0.4, -0.2) is 25.9 Å². The van der Waals surface area contributed by atoms with Gasteiger partial charge in [0.25, 0.3) is 0 Å². The molecule has 2 aromatic carbocycles. The summed E-state index contributed by atoms with van der Waals surface area (Å²) in [5, 5.41) is 3.00. The molecule has 0 amide bonds. The minimum Gasteiger partial charge on any atom is -0.454 e. The summed E-state index contributed by atoms with van der Waals surface area (Å²) in [7, 11) is 3.88. The van der Waals surface area contributed by atoms with Gasteiger partial charge in [-0.1, -0.05) is 29.3 Å². The maximum atomic E-state index is 6.52. The molecule has 0 N–H and O–H groups in total. The fourth-order valence-electron chi connectivity index (χ4n) is 2.92. The van der Waals surface area contributed by atoms with Crippen LogP contribution in [0.3, 0.4) is 0 Å². The summed E-state index contributed by atoms with van der Waals surface area (Å²) in [4.78, 5) is 6.54. The molecule has 0 bridgehead atoms. The van der Waals surface area contributed by atoms with Crippen molar-refractivity contribution in [3.63, 3.8) is 0 Å². The molecule has 3 aromatic rings.